The van der Waals surface area contributed by atoms with E-state index in [-0.39, 0.29) is 17.3 Å². The van der Waals surface area contributed by atoms with Crippen LogP contribution in [0.1, 0.15) is 27.2 Å². The number of methoxy groups -OCH3 is 1. The van der Waals surface area contributed by atoms with Crippen LogP contribution in [0, 0.1) is 13.8 Å². The molecular formula is C14H15ClN2O3. The maximum absolute atomic E-state index is 11.3. The summed E-state index contributed by atoms with van der Waals surface area (Å²) < 4.78 is 6.41. The first-order valence-corrected chi connectivity index (χ1v) is 6.40. The van der Waals surface area contributed by atoms with E-state index in [0.29, 0.717) is 5.69 Å². The molecule has 1 heterocycles. The predicted molar refractivity (Wildman–Crippen MR) is 75.7 cm³/mol. The zero-order valence-electron chi connectivity index (χ0n) is 11.5. The number of aromatic nitrogens is 2. The van der Waals surface area contributed by atoms with Crippen molar-refractivity contribution in [2.45, 2.75) is 20.5 Å². The zero-order valence-corrected chi connectivity index (χ0v) is 12.2. The van der Waals surface area contributed by atoms with Gasteiger partial charge in [-0.1, -0.05) is 29.3 Å². The van der Waals surface area contributed by atoms with Gasteiger partial charge < -0.3 is 9.84 Å². The molecule has 0 aliphatic heterocycles. The Morgan fingerprint density at radius 2 is 2.15 bits per heavy atom. The van der Waals surface area contributed by atoms with E-state index in [1.807, 2.05) is 32.0 Å². The van der Waals surface area contributed by atoms with Gasteiger partial charge in [-0.15, -0.1) is 0 Å². The molecule has 20 heavy (non-hydrogen) atoms. The van der Waals surface area contributed by atoms with Crippen molar-refractivity contribution >= 4 is 17.6 Å². The van der Waals surface area contributed by atoms with Gasteiger partial charge in [-0.2, -0.15) is 5.10 Å². The summed E-state index contributed by atoms with van der Waals surface area (Å²) in [5.74, 6) is -1.11. The molecular weight excluding hydrogens is 280 g/mol. The molecule has 5 nitrogen and oxygen atoms in total. The van der Waals surface area contributed by atoms with Gasteiger partial charge in [0.2, 0.25) is 0 Å². The molecule has 1 aromatic carbocycles. The molecule has 0 amide bonds. The van der Waals surface area contributed by atoms with Crippen LogP contribution in [0.2, 0.25) is 5.15 Å². The first-order chi connectivity index (χ1) is 9.45. The number of hydrogen-bond donors (Lipinski definition) is 1. The SMILES string of the molecule is COCc1nn(-c2ccc(C)cc2C)c(Cl)c1C(=O)O. The predicted octanol–water partition coefficient (Wildman–Crippen LogP) is 2.99. The first-order valence-electron chi connectivity index (χ1n) is 6.03. The lowest BCUT2D eigenvalue weighted by molar-refractivity contribution is 0.0692. The molecule has 0 fully saturated rings. The van der Waals surface area contributed by atoms with E-state index in [2.05, 4.69) is 5.10 Å². The maximum Gasteiger partial charge on any atom is 0.340 e. The van der Waals surface area contributed by atoms with Crippen molar-refractivity contribution in [3.05, 3.63) is 45.7 Å². The van der Waals surface area contributed by atoms with Crippen molar-refractivity contribution in [1.29, 1.82) is 0 Å². The van der Waals surface area contributed by atoms with Gasteiger partial charge in [0.1, 0.15) is 16.4 Å². The third kappa shape index (κ3) is 2.55. The van der Waals surface area contributed by atoms with Gasteiger partial charge in [-0.05, 0) is 25.5 Å². The molecule has 0 spiro atoms. The fourth-order valence-corrected chi connectivity index (χ4v) is 2.41. The molecule has 106 valence electrons. The zero-order chi connectivity index (χ0) is 14.9. The molecule has 2 aromatic rings. The standard InChI is InChI=1S/C14H15ClN2O3/c1-8-4-5-11(9(2)6-8)17-13(15)12(14(18)19)10(16-17)7-20-3/h4-6H,7H2,1-3H3,(H,18,19). The normalized spacial score (nSPS) is 10.8. The smallest absolute Gasteiger partial charge is 0.340 e. The molecule has 0 bridgehead atoms. The number of halogens is 1. The Morgan fingerprint density at radius 3 is 2.70 bits per heavy atom. The second-order valence-corrected chi connectivity index (χ2v) is 4.91. The highest BCUT2D eigenvalue weighted by Gasteiger charge is 2.23. The summed E-state index contributed by atoms with van der Waals surface area (Å²) in [5.41, 5.74) is 3.13. The van der Waals surface area contributed by atoms with Gasteiger partial charge >= 0.3 is 5.97 Å². The van der Waals surface area contributed by atoms with Crippen LogP contribution in [0.5, 0.6) is 0 Å². The molecule has 0 aliphatic carbocycles. The van der Waals surface area contributed by atoms with Gasteiger partial charge in [0.05, 0.1) is 12.3 Å². The Kier molecular flexibility index (Phi) is 4.11. The van der Waals surface area contributed by atoms with Crippen molar-refractivity contribution in [1.82, 2.24) is 9.78 Å². The summed E-state index contributed by atoms with van der Waals surface area (Å²) in [6.45, 7) is 4.01. The van der Waals surface area contributed by atoms with Crippen LogP contribution < -0.4 is 0 Å². The Hall–Kier alpha value is -1.85. The molecule has 0 saturated carbocycles. The molecule has 0 radical (unpaired) electrons. The lowest BCUT2D eigenvalue weighted by Gasteiger charge is -2.08. The largest absolute Gasteiger partial charge is 0.478 e. The fourth-order valence-electron chi connectivity index (χ4n) is 2.09. The van der Waals surface area contributed by atoms with Gasteiger partial charge in [0.15, 0.2) is 0 Å². The summed E-state index contributed by atoms with van der Waals surface area (Å²) in [6.07, 6.45) is 0. The number of carbonyl (C=O) groups is 1. The number of aromatic carboxylic acids is 1. The Labute approximate surface area is 121 Å². The van der Waals surface area contributed by atoms with Crippen LogP contribution in [0.4, 0.5) is 0 Å². The molecule has 6 heteroatoms. The van der Waals surface area contributed by atoms with E-state index in [1.54, 1.807) is 0 Å². The minimum Gasteiger partial charge on any atom is -0.478 e. The average molecular weight is 295 g/mol. The van der Waals surface area contributed by atoms with E-state index in [9.17, 15) is 9.90 Å². The van der Waals surface area contributed by atoms with Crippen LogP contribution in [0.3, 0.4) is 0 Å². The summed E-state index contributed by atoms with van der Waals surface area (Å²) in [4.78, 5) is 11.3. The molecule has 2 rings (SSSR count). The van der Waals surface area contributed by atoms with Crippen molar-refractivity contribution in [3.63, 3.8) is 0 Å². The molecule has 0 unspecified atom stereocenters. The summed E-state index contributed by atoms with van der Waals surface area (Å²) >= 11 is 6.17. The number of nitrogens with zero attached hydrogens (tertiary/aromatic N) is 2. The number of hydrogen-bond acceptors (Lipinski definition) is 3. The second kappa shape index (κ2) is 5.64. The summed E-state index contributed by atoms with van der Waals surface area (Å²) in [7, 11) is 1.48. The highest BCUT2D eigenvalue weighted by atomic mass is 35.5. The quantitative estimate of drug-likeness (QED) is 0.941. The van der Waals surface area contributed by atoms with Crippen molar-refractivity contribution in [2.75, 3.05) is 7.11 Å². The van der Waals surface area contributed by atoms with Crippen LogP contribution >= 0.6 is 11.6 Å². The third-order valence-electron chi connectivity index (χ3n) is 2.98. The van der Waals surface area contributed by atoms with E-state index in [0.717, 1.165) is 16.8 Å². The van der Waals surface area contributed by atoms with Gasteiger partial charge in [-0.3, -0.25) is 0 Å². The Bertz CT molecular complexity index is 665. The van der Waals surface area contributed by atoms with E-state index >= 15 is 0 Å². The van der Waals surface area contributed by atoms with Crippen LogP contribution in [-0.2, 0) is 11.3 Å². The van der Waals surface area contributed by atoms with Crippen molar-refractivity contribution < 1.29 is 14.6 Å². The van der Waals surface area contributed by atoms with E-state index in [1.165, 1.54) is 11.8 Å². The molecule has 1 aromatic heterocycles. The molecule has 0 aliphatic rings. The van der Waals surface area contributed by atoms with Gasteiger partial charge in [0.25, 0.3) is 0 Å². The average Bonchev–Trinajstić information content (AvgIpc) is 2.67. The number of carboxylic acids is 1. The number of ether oxygens (including phenoxy) is 1. The Morgan fingerprint density at radius 1 is 1.45 bits per heavy atom. The van der Waals surface area contributed by atoms with Crippen LogP contribution in [0.25, 0.3) is 5.69 Å². The minimum atomic E-state index is -1.11. The number of rotatable bonds is 4. The van der Waals surface area contributed by atoms with Crippen molar-refractivity contribution in [3.8, 4) is 5.69 Å². The van der Waals surface area contributed by atoms with E-state index < -0.39 is 5.97 Å². The number of aryl methyl sites for hydroxylation is 2. The highest BCUT2D eigenvalue weighted by Crippen LogP contribution is 2.26. The second-order valence-electron chi connectivity index (χ2n) is 4.55. The summed E-state index contributed by atoms with van der Waals surface area (Å²) in [5, 5.41) is 13.6. The van der Waals surface area contributed by atoms with Crippen molar-refractivity contribution in [2.24, 2.45) is 0 Å². The number of benzene rings is 1. The van der Waals surface area contributed by atoms with Gasteiger partial charge in [0, 0.05) is 7.11 Å². The number of carboxylic acid groups (broad SMARTS) is 1. The van der Waals surface area contributed by atoms with E-state index in [4.69, 9.17) is 16.3 Å². The lowest BCUT2D eigenvalue weighted by Crippen LogP contribution is -2.01. The third-order valence-corrected chi connectivity index (χ3v) is 3.33. The molecule has 0 saturated heterocycles. The molecule has 0 atom stereocenters. The molecule has 1 N–H and O–H groups in total. The van der Waals surface area contributed by atoms with Crippen LogP contribution in [-0.4, -0.2) is 28.0 Å². The van der Waals surface area contributed by atoms with Crippen LogP contribution in [0.15, 0.2) is 18.2 Å². The minimum absolute atomic E-state index is 0.0199. The Balaban J connectivity index is 2.63. The summed E-state index contributed by atoms with van der Waals surface area (Å²) in [6, 6.07) is 5.78. The van der Waals surface area contributed by atoms with Gasteiger partial charge in [-0.25, -0.2) is 9.48 Å². The topological polar surface area (TPSA) is 64.4 Å². The first kappa shape index (κ1) is 14.6. The monoisotopic (exact) mass is 294 g/mol. The lowest BCUT2D eigenvalue weighted by atomic mass is 10.1. The highest BCUT2D eigenvalue weighted by molar-refractivity contribution is 6.33. The fraction of sp³-hybridized carbons (Fsp3) is 0.286. The maximum atomic E-state index is 11.3.